The molecule has 5 heteroatoms. The Hall–Kier alpha value is -1.91. The Morgan fingerprint density at radius 1 is 1.35 bits per heavy atom. The van der Waals surface area contributed by atoms with Crippen LogP contribution in [0.4, 0.5) is 10.2 Å². The minimum absolute atomic E-state index is 0.281. The second kappa shape index (κ2) is 3.84. The highest BCUT2D eigenvalue weighted by Crippen LogP contribution is 2.39. The number of hydrogen-bond acceptors (Lipinski definition) is 3. The van der Waals surface area contributed by atoms with Gasteiger partial charge in [0, 0.05) is 5.92 Å². The third kappa shape index (κ3) is 1.67. The molecule has 1 aliphatic rings. The van der Waals surface area contributed by atoms with E-state index in [9.17, 15) is 4.39 Å². The van der Waals surface area contributed by atoms with Crippen LogP contribution in [0.2, 0.25) is 0 Å². The lowest BCUT2D eigenvalue weighted by Crippen LogP contribution is -2.15. The first kappa shape index (κ1) is 10.3. The SMILES string of the molecule is Nc1nnn(-c2cccc(F)c2)c1C1CCC1. The molecule has 0 spiro atoms. The van der Waals surface area contributed by atoms with Crippen molar-refractivity contribution in [2.45, 2.75) is 25.2 Å². The van der Waals surface area contributed by atoms with Crippen LogP contribution in [-0.4, -0.2) is 15.0 Å². The van der Waals surface area contributed by atoms with Crippen molar-refractivity contribution >= 4 is 5.82 Å². The summed E-state index contributed by atoms with van der Waals surface area (Å²) in [5, 5.41) is 7.90. The Balaban J connectivity index is 2.08. The molecule has 0 saturated heterocycles. The molecule has 1 saturated carbocycles. The maximum absolute atomic E-state index is 13.2. The van der Waals surface area contributed by atoms with E-state index in [4.69, 9.17) is 5.73 Å². The second-order valence-corrected chi connectivity index (χ2v) is 4.38. The van der Waals surface area contributed by atoms with Gasteiger partial charge in [-0.2, -0.15) is 0 Å². The van der Waals surface area contributed by atoms with Crippen LogP contribution >= 0.6 is 0 Å². The van der Waals surface area contributed by atoms with E-state index >= 15 is 0 Å². The summed E-state index contributed by atoms with van der Waals surface area (Å²) in [5.41, 5.74) is 7.43. The van der Waals surface area contributed by atoms with Crippen LogP contribution in [0.25, 0.3) is 5.69 Å². The highest BCUT2D eigenvalue weighted by atomic mass is 19.1. The predicted octanol–water partition coefficient (Wildman–Crippen LogP) is 2.26. The largest absolute Gasteiger partial charge is 0.381 e. The Morgan fingerprint density at radius 2 is 2.18 bits per heavy atom. The summed E-state index contributed by atoms with van der Waals surface area (Å²) in [5.74, 6) is 0.586. The van der Waals surface area contributed by atoms with Crippen molar-refractivity contribution in [3.8, 4) is 5.69 Å². The lowest BCUT2D eigenvalue weighted by Gasteiger charge is -2.25. The lowest BCUT2D eigenvalue weighted by atomic mass is 9.82. The van der Waals surface area contributed by atoms with Crippen LogP contribution in [0, 0.1) is 5.82 Å². The summed E-state index contributed by atoms with van der Waals surface area (Å²) in [7, 11) is 0. The Labute approximate surface area is 98.2 Å². The van der Waals surface area contributed by atoms with Crippen molar-refractivity contribution < 1.29 is 4.39 Å². The summed E-state index contributed by atoms with van der Waals surface area (Å²) in [6.45, 7) is 0. The van der Waals surface area contributed by atoms with Crippen molar-refractivity contribution in [1.29, 1.82) is 0 Å². The summed E-state index contributed by atoms with van der Waals surface area (Å²) in [4.78, 5) is 0. The first-order valence-corrected chi connectivity index (χ1v) is 5.73. The molecule has 2 N–H and O–H groups in total. The molecule has 3 rings (SSSR count). The number of hydrogen-bond donors (Lipinski definition) is 1. The van der Waals surface area contributed by atoms with Gasteiger partial charge < -0.3 is 5.73 Å². The van der Waals surface area contributed by atoms with Gasteiger partial charge in [0.1, 0.15) is 5.82 Å². The Bertz CT molecular complexity index is 545. The quantitative estimate of drug-likeness (QED) is 0.864. The molecule has 1 aromatic heterocycles. The molecule has 1 fully saturated rings. The minimum atomic E-state index is -0.281. The fourth-order valence-corrected chi connectivity index (χ4v) is 2.16. The number of nitrogen functional groups attached to an aromatic ring is 1. The van der Waals surface area contributed by atoms with Crippen LogP contribution in [0.5, 0.6) is 0 Å². The number of nitrogens with zero attached hydrogens (tertiary/aromatic N) is 3. The van der Waals surface area contributed by atoms with Crippen molar-refractivity contribution in [3.63, 3.8) is 0 Å². The van der Waals surface area contributed by atoms with Gasteiger partial charge in [-0.05, 0) is 31.0 Å². The average Bonchev–Trinajstić information content (AvgIpc) is 2.59. The third-order valence-electron chi connectivity index (χ3n) is 3.28. The monoisotopic (exact) mass is 232 g/mol. The maximum atomic E-state index is 13.2. The van der Waals surface area contributed by atoms with E-state index in [1.165, 1.54) is 18.6 Å². The first-order chi connectivity index (χ1) is 8.25. The molecule has 0 amide bonds. The molecule has 0 bridgehead atoms. The molecule has 0 unspecified atom stereocenters. The van der Waals surface area contributed by atoms with E-state index in [1.54, 1.807) is 16.8 Å². The van der Waals surface area contributed by atoms with Gasteiger partial charge in [-0.1, -0.05) is 17.7 Å². The van der Waals surface area contributed by atoms with Crippen LogP contribution in [-0.2, 0) is 0 Å². The number of halogens is 1. The van der Waals surface area contributed by atoms with Crippen LogP contribution in [0.3, 0.4) is 0 Å². The van der Waals surface area contributed by atoms with E-state index in [-0.39, 0.29) is 5.82 Å². The molecule has 4 nitrogen and oxygen atoms in total. The first-order valence-electron chi connectivity index (χ1n) is 5.73. The van der Waals surface area contributed by atoms with Crippen molar-refractivity contribution in [3.05, 3.63) is 35.8 Å². The minimum Gasteiger partial charge on any atom is -0.381 e. The van der Waals surface area contributed by atoms with Crippen molar-refractivity contribution in [2.75, 3.05) is 5.73 Å². The van der Waals surface area contributed by atoms with Gasteiger partial charge in [-0.25, -0.2) is 9.07 Å². The summed E-state index contributed by atoms with van der Waals surface area (Å²) in [6.07, 6.45) is 3.41. The number of rotatable bonds is 2. The molecule has 0 radical (unpaired) electrons. The number of nitrogens with two attached hydrogens (primary N) is 1. The molecule has 1 aromatic carbocycles. The van der Waals surface area contributed by atoms with Gasteiger partial charge in [-0.3, -0.25) is 0 Å². The van der Waals surface area contributed by atoms with Gasteiger partial charge in [0.15, 0.2) is 5.82 Å². The smallest absolute Gasteiger partial charge is 0.169 e. The summed E-state index contributed by atoms with van der Waals surface area (Å²) >= 11 is 0. The highest BCUT2D eigenvalue weighted by Gasteiger charge is 2.27. The molecule has 0 aliphatic heterocycles. The van der Waals surface area contributed by atoms with E-state index in [0.717, 1.165) is 18.5 Å². The predicted molar refractivity (Wildman–Crippen MR) is 62.3 cm³/mol. The highest BCUT2D eigenvalue weighted by molar-refractivity contribution is 5.43. The molecule has 2 aromatic rings. The standard InChI is InChI=1S/C12H13FN4/c13-9-5-2-6-10(7-9)17-11(8-3-1-4-8)12(14)15-16-17/h2,5-8H,1,3-4,14H2. The van der Waals surface area contributed by atoms with Crippen molar-refractivity contribution in [1.82, 2.24) is 15.0 Å². The zero-order valence-electron chi connectivity index (χ0n) is 9.31. The molecule has 0 atom stereocenters. The zero-order valence-corrected chi connectivity index (χ0v) is 9.31. The van der Waals surface area contributed by atoms with Crippen LogP contribution < -0.4 is 5.73 Å². The fourth-order valence-electron chi connectivity index (χ4n) is 2.16. The second-order valence-electron chi connectivity index (χ2n) is 4.38. The molecule has 17 heavy (non-hydrogen) atoms. The van der Waals surface area contributed by atoms with E-state index < -0.39 is 0 Å². The Kier molecular flexibility index (Phi) is 2.31. The molecular formula is C12H13FN4. The van der Waals surface area contributed by atoms with E-state index in [0.29, 0.717) is 17.4 Å². The fraction of sp³-hybridized carbons (Fsp3) is 0.333. The third-order valence-corrected chi connectivity index (χ3v) is 3.28. The maximum Gasteiger partial charge on any atom is 0.169 e. The number of anilines is 1. The molecule has 1 heterocycles. The zero-order chi connectivity index (χ0) is 11.8. The number of aromatic nitrogens is 3. The van der Waals surface area contributed by atoms with Gasteiger partial charge in [0.25, 0.3) is 0 Å². The van der Waals surface area contributed by atoms with Crippen LogP contribution in [0.15, 0.2) is 24.3 Å². The van der Waals surface area contributed by atoms with Crippen LogP contribution in [0.1, 0.15) is 30.9 Å². The van der Waals surface area contributed by atoms with E-state index in [1.807, 2.05) is 0 Å². The van der Waals surface area contributed by atoms with Crippen molar-refractivity contribution in [2.24, 2.45) is 0 Å². The van der Waals surface area contributed by atoms with Gasteiger partial charge in [0.05, 0.1) is 11.4 Å². The number of benzene rings is 1. The Morgan fingerprint density at radius 3 is 2.82 bits per heavy atom. The molecular weight excluding hydrogens is 219 g/mol. The van der Waals surface area contributed by atoms with Gasteiger partial charge in [0.2, 0.25) is 0 Å². The van der Waals surface area contributed by atoms with Gasteiger partial charge >= 0.3 is 0 Å². The summed E-state index contributed by atoms with van der Waals surface area (Å²) < 4.78 is 14.9. The van der Waals surface area contributed by atoms with E-state index in [2.05, 4.69) is 10.3 Å². The normalized spacial score (nSPS) is 15.8. The topological polar surface area (TPSA) is 56.7 Å². The van der Waals surface area contributed by atoms with Gasteiger partial charge in [-0.15, -0.1) is 5.10 Å². The molecule has 88 valence electrons. The lowest BCUT2D eigenvalue weighted by molar-refractivity contribution is 0.404. The average molecular weight is 232 g/mol. The summed E-state index contributed by atoms with van der Waals surface area (Å²) in [6, 6.07) is 6.32. The molecule has 1 aliphatic carbocycles.